The molecule has 0 atom stereocenters. The SMILES string of the molecule is CC(C)n1cnc2c(NCc3ccccc3-n3cccn3)nc(N3CCC(C4CCNCC4)CC3)nc21. The Morgan fingerprint density at radius 1 is 1.00 bits per heavy atom. The van der Waals surface area contributed by atoms with Gasteiger partial charge in [0.25, 0.3) is 0 Å². The van der Waals surface area contributed by atoms with Gasteiger partial charge in [0.2, 0.25) is 5.95 Å². The smallest absolute Gasteiger partial charge is 0.229 e. The summed E-state index contributed by atoms with van der Waals surface area (Å²) >= 11 is 0. The molecule has 5 heterocycles. The second-order valence-corrected chi connectivity index (χ2v) is 10.6. The first-order valence-corrected chi connectivity index (χ1v) is 13.7. The van der Waals surface area contributed by atoms with Crippen LogP contribution in [0.2, 0.25) is 0 Å². The fourth-order valence-corrected chi connectivity index (χ4v) is 5.91. The molecule has 0 saturated carbocycles. The number of nitrogens with one attached hydrogen (secondary N) is 2. The molecule has 0 bridgehead atoms. The van der Waals surface area contributed by atoms with Gasteiger partial charge in [-0.1, -0.05) is 18.2 Å². The van der Waals surface area contributed by atoms with E-state index in [2.05, 4.69) is 57.2 Å². The van der Waals surface area contributed by atoms with Crippen molar-refractivity contribution in [3.05, 3.63) is 54.6 Å². The first-order chi connectivity index (χ1) is 18.2. The number of rotatable bonds is 7. The number of benzene rings is 1. The van der Waals surface area contributed by atoms with Crippen LogP contribution in [0.25, 0.3) is 16.9 Å². The molecule has 4 aromatic rings. The molecule has 37 heavy (non-hydrogen) atoms. The molecule has 0 radical (unpaired) electrons. The molecule has 2 fully saturated rings. The van der Waals surface area contributed by atoms with Gasteiger partial charge in [-0.2, -0.15) is 15.1 Å². The second-order valence-electron chi connectivity index (χ2n) is 10.6. The van der Waals surface area contributed by atoms with E-state index in [0.29, 0.717) is 6.54 Å². The standard InChI is InChI=1S/C28H37N9/c1-20(2)36-19-31-25-26(30-18-23-6-3-4-7-24(23)37-15-5-12-32-37)33-28(34-27(25)36)35-16-10-22(11-17-35)21-8-13-29-14-9-21/h3-7,12,15,19-22,29H,8-11,13-14,16-18H2,1-2H3,(H,30,33,34). The summed E-state index contributed by atoms with van der Waals surface area (Å²) in [6.07, 6.45) is 10.7. The van der Waals surface area contributed by atoms with E-state index < -0.39 is 0 Å². The Bertz CT molecular complexity index is 1310. The molecule has 2 saturated heterocycles. The van der Waals surface area contributed by atoms with Crippen molar-refractivity contribution in [2.45, 2.75) is 52.1 Å². The Hall–Kier alpha value is -3.46. The van der Waals surface area contributed by atoms with Gasteiger partial charge >= 0.3 is 0 Å². The molecule has 2 N–H and O–H groups in total. The number of anilines is 2. The summed E-state index contributed by atoms with van der Waals surface area (Å²) in [5.74, 6) is 3.28. The number of imidazole rings is 1. The van der Waals surface area contributed by atoms with E-state index in [0.717, 1.165) is 59.1 Å². The average Bonchev–Trinajstić information content (AvgIpc) is 3.63. The van der Waals surface area contributed by atoms with Crippen molar-refractivity contribution in [2.24, 2.45) is 11.8 Å². The van der Waals surface area contributed by atoms with Crippen LogP contribution in [-0.2, 0) is 6.54 Å². The predicted octanol–water partition coefficient (Wildman–Crippen LogP) is 4.42. The molecule has 0 spiro atoms. The lowest BCUT2D eigenvalue weighted by Gasteiger charge is -2.37. The van der Waals surface area contributed by atoms with Crippen molar-refractivity contribution in [3.8, 4) is 5.69 Å². The van der Waals surface area contributed by atoms with E-state index in [-0.39, 0.29) is 6.04 Å². The largest absolute Gasteiger partial charge is 0.364 e. The fourth-order valence-electron chi connectivity index (χ4n) is 5.91. The molecule has 2 aliphatic heterocycles. The zero-order valence-corrected chi connectivity index (χ0v) is 21.8. The van der Waals surface area contributed by atoms with E-state index in [1.807, 2.05) is 29.3 Å². The van der Waals surface area contributed by atoms with E-state index in [9.17, 15) is 0 Å². The quantitative estimate of drug-likeness (QED) is 0.389. The van der Waals surface area contributed by atoms with Crippen LogP contribution in [0.5, 0.6) is 0 Å². The molecule has 0 unspecified atom stereocenters. The Morgan fingerprint density at radius 2 is 1.78 bits per heavy atom. The third kappa shape index (κ3) is 4.92. The van der Waals surface area contributed by atoms with Crippen molar-refractivity contribution in [3.63, 3.8) is 0 Å². The Kier molecular flexibility index (Phi) is 6.78. The first-order valence-electron chi connectivity index (χ1n) is 13.7. The summed E-state index contributed by atoms with van der Waals surface area (Å²) in [4.78, 5) is 17.2. The third-order valence-electron chi connectivity index (χ3n) is 8.03. The molecule has 2 aliphatic rings. The highest BCUT2D eigenvalue weighted by atomic mass is 15.3. The lowest BCUT2D eigenvalue weighted by molar-refractivity contribution is 0.221. The molecule has 1 aromatic carbocycles. The summed E-state index contributed by atoms with van der Waals surface area (Å²) < 4.78 is 4.04. The molecular weight excluding hydrogens is 462 g/mol. The first kappa shape index (κ1) is 23.9. The van der Waals surface area contributed by atoms with Crippen LogP contribution < -0.4 is 15.5 Å². The van der Waals surface area contributed by atoms with Crippen molar-refractivity contribution >= 4 is 22.9 Å². The van der Waals surface area contributed by atoms with Crippen LogP contribution in [-0.4, -0.2) is 55.5 Å². The van der Waals surface area contributed by atoms with Crippen molar-refractivity contribution in [1.29, 1.82) is 0 Å². The molecule has 6 rings (SSSR count). The molecule has 9 nitrogen and oxygen atoms in total. The zero-order valence-electron chi connectivity index (χ0n) is 21.8. The van der Waals surface area contributed by atoms with Gasteiger partial charge in [-0.15, -0.1) is 0 Å². The van der Waals surface area contributed by atoms with Gasteiger partial charge in [0.1, 0.15) is 0 Å². The second kappa shape index (κ2) is 10.5. The summed E-state index contributed by atoms with van der Waals surface area (Å²) in [5.41, 5.74) is 3.91. The minimum absolute atomic E-state index is 0.270. The molecule has 0 aliphatic carbocycles. The van der Waals surface area contributed by atoms with Gasteiger partial charge in [0.15, 0.2) is 17.0 Å². The molecular formula is C28H37N9. The minimum Gasteiger partial charge on any atom is -0.364 e. The van der Waals surface area contributed by atoms with E-state index >= 15 is 0 Å². The van der Waals surface area contributed by atoms with Gasteiger partial charge in [0, 0.05) is 38.1 Å². The van der Waals surface area contributed by atoms with Crippen LogP contribution in [0.3, 0.4) is 0 Å². The number of nitrogens with zero attached hydrogens (tertiary/aromatic N) is 7. The van der Waals surface area contributed by atoms with Gasteiger partial charge < -0.3 is 20.1 Å². The number of piperidine rings is 2. The van der Waals surface area contributed by atoms with Crippen molar-refractivity contribution in [1.82, 2.24) is 34.6 Å². The van der Waals surface area contributed by atoms with Crippen molar-refractivity contribution < 1.29 is 0 Å². The lowest BCUT2D eigenvalue weighted by Crippen LogP contribution is -2.40. The zero-order chi connectivity index (χ0) is 25.2. The van der Waals surface area contributed by atoms with Gasteiger partial charge in [-0.05, 0) is 82.2 Å². The molecule has 3 aromatic heterocycles. The number of fused-ring (bicyclic) bond motifs is 1. The Balaban J connectivity index is 1.26. The molecule has 194 valence electrons. The summed E-state index contributed by atoms with van der Waals surface area (Å²) in [6.45, 7) is 9.31. The average molecular weight is 500 g/mol. The minimum atomic E-state index is 0.270. The van der Waals surface area contributed by atoms with E-state index in [4.69, 9.17) is 15.0 Å². The van der Waals surface area contributed by atoms with Gasteiger partial charge in [0.05, 0.1) is 12.0 Å². The summed E-state index contributed by atoms with van der Waals surface area (Å²) in [6, 6.07) is 10.5. The highest BCUT2D eigenvalue weighted by molar-refractivity contribution is 5.84. The van der Waals surface area contributed by atoms with E-state index in [1.54, 1.807) is 6.20 Å². The topological polar surface area (TPSA) is 88.7 Å². The van der Waals surface area contributed by atoms with Gasteiger partial charge in [-0.25, -0.2) is 9.67 Å². The maximum Gasteiger partial charge on any atom is 0.229 e. The predicted molar refractivity (Wildman–Crippen MR) is 147 cm³/mol. The van der Waals surface area contributed by atoms with E-state index in [1.165, 1.54) is 38.8 Å². The maximum absolute atomic E-state index is 5.04. The summed E-state index contributed by atoms with van der Waals surface area (Å²) in [5, 5.41) is 11.5. The Labute approximate surface area is 218 Å². The third-order valence-corrected chi connectivity index (χ3v) is 8.03. The van der Waals surface area contributed by atoms with Gasteiger partial charge in [-0.3, -0.25) is 0 Å². The van der Waals surface area contributed by atoms with Crippen LogP contribution in [0.15, 0.2) is 49.1 Å². The van der Waals surface area contributed by atoms with Crippen LogP contribution in [0.1, 0.15) is 51.1 Å². The lowest BCUT2D eigenvalue weighted by atomic mass is 9.79. The molecule has 9 heteroatoms. The number of aromatic nitrogens is 6. The molecule has 0 amide bonds. The highest BCUT2D eigenvalue weighted by Crippen LogP contribution is 2.33. The van der Waals surface area contributed by atoms with Crippen molar-refractivity contribution in [2.75, 3.05) is 36.4 Å². The Morgan fingerprint density at radius 3 is 2.54 bits per heavy atom. The van der Waals surface area contributed by atoms with Crippen LogP contribution in [0.4, 0.5) is 11.8 Å². The van der Waals surface area contributed by atoms with Crippen LogP contribution in [0, 0.1) is 11.8 Å². The highest BCUT2D eigenvalue weighted by Gasteiger charge is 2.29. The number of hydrogen-bond acceptors (Lipinski definition) is 7. The summed E-state index contributed by atoms with van der Waals surface area (Å²) in [7, 11) is 0. The fraction of sp³-hybridized carbons (Fsp3) is 0.500. The number of hydrogen-bond donors (Lipinski definition) is 2. The maximum atomic E-state index is 5.04. The number of para-hydroxylation sites is 1. The normalized spacial score (nSPS) is 17.6. The van der Waals surface area contributed by atoms with Crippen LogP contribution >= 0.6 is 0 Å². The monoisotopic (exact) mass is 499 g/mol.